The molecule has 0 bridgehead atoms. The average Bonchev–Trinajstić information content (AvgIpc) is 2.52. The van der Waals surface area contributed by atoms with Crippen molar-refractivity contribution in [3.63, 3.8) is 0 Å². The summed E-state index contributed by atoms with van der Waals surface area (Å²) in [5, 5.41) is 8.81. The third kappa shape index (κ3) is 4.97. The van der Waals surface area contributed by atoms with Gasteiger partial charge in [0.2, 0.25) is 0 Å². The molecule has 3 heteroatoms. The summed E-state index contributed by atoms with van der Waals surface area (Å²) < 4.78 is 24.0. The van der Waals surface area contributed by atoms with E-state index in [1.165, 1.54) is 18.4 Å². The normalized spacial score (nSPS) is 22.6. The lowest BCUT2D eigenvalue weighted by molar-refractivity contribution is 0.203. The Kier molecular flexibility index (Phi) is 5.92. The standard InChI is InChI=1S/C18H21F2N/c19-18(20)4-2-1-3-14-5-9-16(10-6-14)17-11-7-15(13-21)8-12-17/h2,4,7-8,11-12,14,16,18H,1,3,5-6,9-10H2/b4-2+. The van der Waals surface area contributed by atoms with Crippen LogP contribution < -0.4 is 0 Å². The summed E-state index contributed by atoms with van der Waals surface area (Å²) in [7, 11) is 0. The molecule has 0 heterocycles. The van der Waals surface area contributed by atoms with Crippen molar-refractivity contribution in [1.82, 2.24) is 0 Å². The minimum atomic E-state index is -2.32. The number of halogens is 2. The van der Waals surface area contributed by atoms with Gasteiger partial charge in [0.05, 0.1) is 11.6 Å². The van der Waals surface area contributed by atoms with Crippen LogP contribution in [0.4, 0.5) is 8.78 Å². The molecule has 0 amide bonds. The summed E-state index contributed by atoms with van der Waals surface area (Å²) in [6.07, 6.45) is 6.72. The molecule has 2 rings (SSSR count). The summed E-state index contributed by atoms with van der Waals surface area (Å²) in [6.45, 7) is 0. The molecular formula is C18H21F2N. The van der Waals surface area contributed by atoms with Crippen LogP contribution in [0.5, 0.6) is 0 Å². The van der Waals surface area contributed by atoms with Gasteiger partial charge in [-0.3, -0.25) is 0 Å². The minimum Gasteiger partial charge on any atom is -0.206 e. The molecule has 1 aliphatic carbocycles. The van der Waals surface area contributed by atoms with Gasteiger partial charge in [-0.25, -0.2) is 8.78 Å². The van der Waals surface area contributed by atoms with E-state index in [0.717, 1.165) is 31.8 Å². The third-order valence-corrected chi connectivity index (χ3v) is 4.38. The van der Waals surface area contributed by atoms with Gasteiger partial charge in [-0.05, 0) is 74.1 Å². The van der Waals surface area contributed by atoms with E-state index in [4.69, 9.17) is 5.26 Å². The van der Waals surface area contributed by atoms with E-state index in [-0.39, 0.29) is 0 Å². The van der Waals surface area contributed by atoms with Crippen molar-refractivity contribution in [3.8, 4) is 6.07 Å². The SMILES string of the molecule is N#Cc1ccc(C2CCC(CC/C=C/C(F)F)CC2)cc1. The molecule has 1 nitrogen and oxygen atoms in total. The fourth-order valence-corrected chi connectivity index (χ4v) is 3.15. The van der Waals surface area contributed by atoms with Gasteiger partial charge < -0.3 is 0 Å². The molecule has 0 radical (unpaired) electrons. The first kappa shape index (κ1) is 15.7. The van der Waals surface area contributed by atoms with Crippen LogP contribution in [0.1, 0.15) is 55.6 Å². The van der Waals surface area contributed by atoms with Gasteiger partial charge in [-0.2, -0.15) is 5.26 Å². The van der Waals surface area contributed by atoms with E-state index >= 15 is 0 Å². The molecule has 0 saturated heterocycles. The molecule has 1 aromatic rings. The summed E-state index contributed by atoms with van der Waals surface area (Å²) in [5.41, 5.74) is 2.03. The fraction of sp³-hybridized carbons (Fsp3) is 0.500. The van der Waals surface area contributed by atoms with Gasteiger partial charge in [-0.15, -0.1) is 0 Å². The van der Waals surface area contributed by atoms with Crippen LogP contribution in [0.2, 0.25) is 0 Å². The molecule has 0 aromatic heterocycles. The van der Waals surface area contributed by atoms with Crippen LogP contribution in [-0.4, -0.2) is 6.43 Å². The van der Waals surface area contributed by atoms with Gasteiger partial charge in [-0.1, -0.05) is 18.2 Å². The molecule has 0 atom stereocenters. The first-order valence-electron chi connectivity index (χ1n) is 7.64. The van der Waals surface area contributed by atoms with Crippen LogP contribution >= 0.6 is 0 Å². The maximum atomic E-state index is 12.0. The molecule has 1 fully saturated rings. The monoisotopic (exact) mass is 289 g/mol. The smallest absolute Gasteiger partial charge is 0.206 e. The lowest BCUT2D eigenvalue weighted by atomic mass is 9.77. The Balaban J connectivity index is 1.76. The molecule has 1 aromatic carbocycles. The van der Waals surface area contributed by atoms with Crippen molar-refractivity contribution in [3.05, 3.63) is 47.5 Å². The first-order chi connectivity index (χ1) is 10.2. The number of nitriles is 1. The minimum absolute atomic E-state index is 0.589. The number of hydrogen-bond donors (Lipinski definition) is 0. The Hall–Kier alpha value is -1.69. The Labute approximate surface area is 125 Å². The van der Waals surface area contributed by atoms with Crippen molar-refractivity contribution in [2.45, 2.75) is 50.9 Å². The number of allylic oxidation sites excluding steroid dienone is 2. The predicted octanol–water partition coefficient (Wildman–Crippen LogP) is 5.43. The molecule has 0 unspecified atom stereocenters. The van der Waals surface area contributed by atoms with Crippen molar-refractivity contribution in [1.29, 1.82) is 5.26 Å². The zero-order valence-electron chi connectivity index (χ0n) is 12.1. The highest BCUT2D eigenvalue weighted by molar-refractivity contribution is 5.33. The summed E-state index contributed by atoms with van der Waals surface area (Å²) in [6, 6.07) is 10.0. The lowest BCUT2D eigenvalue weighted by Crippen LogP contribution is -2.13. The molecule has 0 N–H and O–H groups in total. The Morgan fingerprint density at radius 3 is 2.38 bits per heavy atom. The molecule has 112 valence electrons. The highest BCUT2D eigenvalue weighted by atomic mass is 19.3. The first-order valence-corrected chi connectivity index (χ1v) is 7.64. The Morgan fingerprint density at radius 1 is 1.14 bits per heavy atom. The van der Waals surface area contributed by atoms with Crippen LogP contribution in [0.15, 0.2) is 36.4 Å². The van der Waals surface area contributed by atoms with Crippen LogP contribution in [0.3, 0.4) is 0 Å². The molecular weight excluding hydrogens is 268 g/mol. The number of rotatable bonds is 5. The van der Waals surface area contributed by atoms with Crippen molar-refractivity contribution in [2.75, 3.05) is 0 Å². The van der Waals surface area contributed by atoms with Gasteiger partial charge >= 0.3 is 0 Å². The summed E-state index contributed by atoms with van der Waals surface area (Å²) in [4.78, 5) is 0. The number of alkyl halides is 2. The van der Waals surface area contributed by atoms with Crippen molar-refractivity contribution < 1.29 is 8.78 Å². The molecule has 0 spiro atoms. The second-order valence-electron chi connectivity index (χ2n) is 5.79. The van der Waals surface area contributed by atoms with E-state index in [9.17, 15) is 8.78 Å². The highest BCUT2D eigenvalue weighted by Crippen LogP contribution is 2.37. The quantitative estimate of drug-likeness (QED) is 0.663. The zero-order chi connectivity index (χ0) is 15.1. The van der Waals surface area contributed by atoms with Crippen molar-refractivity contribution in [2.24, 2.45) is 5.92 Å². The maximum absolute atomic E-state index is 12.0. The van der Waals surface area contributed by atoms with Crippen LogP contribution in [0, 0.1) is 17.2 Å². The van der Waals surface area contributed by atoms with Crippen LogP contribution in [-0.2, 0) is 0 Å². The van der Waals surface area contributed by atoms with E-state index in [1.54, 1.807) is 6.08 Å². The van der Waals surface area contributed by atoms with Crippen molar-refractivity contribution >= 4 is 0 Å². The molecule has 0 aliphatic heterocycles. The third-order valence-electron chi connectivity index (χ3n) is 4.38. The highest BCUT2D eigenvalue weighted by Gasteiger charge is 2.21. The van der Waals surface area contributed by atoms with Gasteiger partial charge in [0.25, 0.3) is 6.43 Å². The van der Waals surface area contributed by atoms with E-state index in [2.05, 4.69) is 18.2 Å². The second kappa shape index (κ2) is 7.93. The summed E-state index contributed by atoms with van der Waals surface area (Å²) in [5.74, 6) is 1.26. The Bertz CT molecular complexity index is 491. The Morgan fingerprint density at radius 2 is 1.81 bits per heavy atom. The molecule has 1 saturated carbocycles. The zero-order valence-corrected chi connectivity index (χ0v) is 12.1. The number of benzene rings is 1. The average molecular weight is 289 g/mol. The number of nitrogens with zero attached hydrogens (tertiary/aromatic N) is 1. The van der Waals surface area contributed by atoms with E-state index < -0.39 is 6.43 Å². The second-order valence-corrected chi connectivity index (χ2v) is 5.79. The largest absolute Gasteiger partial charge is 0.257 e. The van der Waals surface area contributed by atoms with Gasteiger partial charge in [0, 0.05) is 0 Å². The van der Waals surface area contributed by atoms with Crippen LogP contribution in [0.25, 0.3) is 0 Å². The maximum Gasteiger partial charge on any atom is 0.257 e. The van der Waals surface area contributed by atoms with E-state index in [0.29, 0.717) is 17.4 Å². The van der Waals surface area contributed by atoms with E-state index in [1.807, 2.05) is 12.1 Å². The lowest BCUT2D eigenvalue weighted by Gasteiger charge is -2.28. The van der Waals surface area contributed by atoms with Gasteiger partial charge in [0.1, 0.15) is 0 Å². The van der Waals surface area contributed by atoms with Gasteiger partial charge in [0.15, 0.2) is 0 Å². The molecule has 1 aliphatic rings. The topological polar surface area (TPSA) is 23.8 Å². The predicted molar refractivity (Wildman–Crippen MR) is 80.2 cm³/mol. The summed E-state index contributed by atoms with van der Waals surface area (Å²) >= 11 is 0. The molecule has 21 heavy (non-hydrogen) atoms. The fourth-order valence-electron chi connectivity index (χ4n) is 3.15. The number of hydrogen-bond acceptors (Lipinski definition) is 1.